The number of ether oxygens (including phenoxy) is 1. The maximum atomic E-state index is 12.9. The molecule has 0 saturated carbocycles. The first kappa shape index (κ1) is 18.3. The topological polar surface area (TPSA) is 96.8 Å². The van der Waals surface area contributed by atoms with E-state index in [2.05, 4.69) is 15.0 Å². The monoisotopic (exact) mass is 414 g/mol. The maximum Gasteiger partial charge on any atom is 0.261 e. The molecule has 6 nitrogen and oxygen atoms in total. The molecule has 0 fully saturated rings. The summed E-state index contributed by atoms with van der Waals surface area (Å²) in [7, 11) is 1.65. The summed E-state index contributed by atoms with van der Waals surface area (Å²) in [6, 6.07) is 21.2. The zero-order valence-electron chi connectivity index (χ0n) is 16.1. The van der Waals surface area contributed by atoms with E-state index in [1.165, 1.54) is 11.8 Å². The number of nitrogen functional groups attached to an aromatic ring is 1. The number of benzene rings is 3. The van der Waals surface area contributed by atoms with Crippen molar-refractivity contribution in [3.05, 3.63) is 77.1 Å². The molecule has 0 amide bonds. The van der Waals surface area contributed by atoms with Crippen LogP contribution in [0.1, 0.15) is 0 Å². The fourth-order valence-electron chi connectivity index (χ4n) is 3.56. The van der Waals surface area contributed by atoms with E-state index in [1.807, 2.05) is 66.7 Å². The van der Waals surface area contributed by atoms with E-state index in [0.717, 1.165) is 32.0 Å². The number of fused-ring (bicyclic) bond motifs is 2. The normalized spacial score (nSPS) is 11.2. The van der Waals surface area contributed by atoms with Crippen LogP contribution >= 0.6 is 11.8 Å². The molecule has 0 aliphatic heterocycles. The first-order chi connectivity index (χ1) is 14.7. The van der Waals surface area contributed by atoms with Crippen LogP contribution in [0.5, 0.6) is 5.75 Å². The molecule has 2 heterocycles. The quantitative estimate of drug-likeness (QED) is 0.392. The molecule has 5 aromatic rings. The third-order valence-electron chi connectivity index (χ3n) is 4.96. The molecule has 7 heteroatoms. The van der Waals surface area contributed by atoms with E-state index in [1.54, 1.807) is 7.11 Å². The Kier molecular flexibility index (Phi) is 4.44. The molecule has 30 heavy (non-hydrogen) atoms. The number of nitrogens with zero attached hydrogens (tertiary/aromatic N) is 1. The number of anilines is 1. The van der Waals surface area contributed by atoms with Crippen LogP contribution in [-0.4, -0.2) is 22.1 Å². The smallest absolute Gasteiger partial charge is 0.261 e. The van der Waals surface area contributed by atoms with Crippen LogP contribution < -0.4 is 16.0 Å². The lowest BCUT2D eigenvalue weighted by atomic mass is 10.1. The van der Waals surface area contributed by atoms with Crippen molar-refractivity contribution >= 4 is 39.4 Å². The number of methoxy groups -OCH3 is 1. The van der Waals surface area contributed by atoms with Gasteiger partial charge in [-0.15, -0.1) is 0 Å². The summed E-state index contributed by atoms with van der Waals surface area (Å²) in [5.74, 6) is 1.23. The molecule has 2 aromatic heterocycles. The average molecular weight is 414 g/mol. The van der Waals surface area contributed by atoms with Crippen molar-refractivity contribution in [2.45, 2.75) is 9.79 Å². The van der Waals surface area contributed by atoms with E-state index < -0.39 is 0 Å². The SMILES string of the molecule is COc1ccccc1Sc1cccc2[nH]c(=O)c(-c3nc4ccccc4[nH]3)c(N)c12. The fourth-order valence-corrected chi connectivity index (χ4v) is 4.66. The molecule has 0 atom stereocenters. The van der Waals surface area contributed by atoms with Crippen LogP contribution in [0.25, 0.3) is 33.3 Å². The highest BCUT2D eigenvalue weighted by Crippen LogP contribution is 2.41. The highest BCUT2D eigenvalue weighted by molar-refractivity contribution is 7.99. The molecule has 0 aliphatic carbocycles. The van der Waals surface area contributed by atoms with Crippen LogP contribution in [0, 0.1) is 0 Å². The number of nitrogens with one attached hydrogen (secondary N) is 2. The van der Waals surface area contributed by atoms with Gasteiger partial charge in [-0.05, 0) is 36.4 Å². The van der Waals surface area contributed by atoms with Gasteiger partial charge in [0.25, 0.3) is 5.56 Å². The lowest BCUT2D eigenvalue weighted by Gasteiger charge is -2.13. The standard InChI is InChI=1S/C23H18N4O2S/c1-29-16-10-4-5-11-17(16)30-18-12-6-9-15-19(18)21(24)20(23(28)27-15)22-25-13-7-2-3-8-14(13)26-22/h2-12H,1H3,(H,25,26)(H3,24,27,28). The van der Waals surface area contributed by atoms with E-state index in [0.29, 0.717) is 22.6 Å². The molecule has 5 rings (SSSR count). The Morgan fingerprint density at radius 1 is 0.900 bits per heavy atom. The van der Waals surface area contributed by atoms with Gasteiger partial charge in [0.05, 0.1) is 34.2 Å². The van der Waals surface area contributed by atoms with Crippen molar-refractivity contribution in [1.29, 1.82) is 0 Å². The van der Waals surface area contributed by atoms with Gasteiger partial charge >= 0.3 is 0 Å². The Labute approximate surface area is 176 Å². The van der Waals surface area contributed by atoms with Gasteiger partial charge in [0.15, 0.2) is 0 Å². The van der Waals surface area contributed by atoms with Crippen LogP contribution in [0.4, 0.5) is 5.69 Å². The van der Waals surface area contributed by atoms with Gasteiger partial charge in [-0.3, -0.25) is 4.79 Å². The molecular weight excluding hydrogens is 396 g/mol. The predicted molar refractivity (Wildman–Crippen MR) is 121 cm³/mol. The highest BCUT2D eigenvalue weighted by Gasteiger charge is 2.18. The molecule has 0 unspecified atom stereocenters. The van der Waals surface area contributed by atoms with Gasteiger partial charge in [-0.1, -0.05) is 42.1 Å². The lowest BCUT2D eigenvalue weighted by molar-refractivity contribution is 0.405. The van der Waals surface area contributed by atoms with Crippen LogP contribution in [-0.2, 0) is 0 Å². The van der Waals surface area contributed by atoms with Gasteiger partial charge in [0.1, 0.15) is 17.1 Å². The number of para-hydroxylation sites is 3. The molecular formula is C23H18N4O2S. The number of hydrogen-bond acceptors (Lipinski definition) is 5. The van der Waals surface area contributed by atoms with Gasteiger partial charge in [0, 0.05) is 10.3 Å². The van der Waals surface area contributed by atoms with Crippen LogP contribution in [0.15, 0.2) is 81.3 Å². The number of hydrogen-bond donors (Lipinski definition) is 3. The number of aromatic amines is 2. The van der Waals surface area contributed by atoms with Crippen molar-refractivity contribution in [2.75, 3.05) is 12.8 Å². The third kappa shape index (κ3) is 3.00. The summed E-state index contributed by atoms with van der Waals surface area (Å²) >= 11 is 1.54. The van der Waals surface area contributed by atoms with Crippen molar-refractivity contribution < 1.29 is 4.74 Å². The minimum Gasteiger partial charge on any atom is -0.496 e. The second kappa shape index (κ2) is 7.27. The van der Waals surface area contributed by atoms with Crippen molar-refractivity contribution in [1.82, 2.24) is 15.0 Å². The lowest BCUT2D eigenvalue weighted by Crippen LogP contribution is -2.13. The summed E-state index contributed by atoms with van der Waals surface area (Å²) in [4.78, 5) is 25.5. The Morgan fingerprint density at radius 2 is 1.63 bits per heavy atom. The first-order valence-corrected chi connectivity index (χ1v) is 10.2. The number of pyridine rings is 1. The van der Waals surface area contributed by atoms with Gasteiger partial charge in [-0.25, -0.2) is 4.98 Å². The van der Waals surface area contributed by atoms with Crippen molar-refractivity contribution in [2.24, 2.45) is 0 Å². The maximum absolute atomic E-state index is 12.9. The summed E-state index contributed by atoms with van der Waals surface area (Å²) < 4.78 is 5.48. The van der Waals surface area contributed by atoms with Gasteiger partial charge in [0.2, 0.25) is 0 Å². The number of rotatable bonds is 4. The summed E-state index contributed by atoms with van der Waals surface area (Å²) in [5.41, 5.74) is 9.34. The molecule has 0 spiro atoms. The van der Waals surface area contributed by atoms with Crippen molar-refractivity contribution in [3.63, 3.8) is 0 Å². The molecule has 0 bridgehead atoms. The second-order valence-electron chi connectivity index (χ2n) is 6.78. The summed E-state index contributed by atoms with van der Waals surface area (Å²) in [6.07, 6.45) is 0. The molecule has 0 radical (unpaired) electrons. The summed E-state index contributed by atoms with van der Waals surface area (Å²) in [6.45, 7) is 0. The molecule has 0 saturated heterocycles. The Balaban J connectivity index is 1.72. The third-order valence-corrected chi connectivity index (χ3v) is 6.07. The zero-order chi connectivity index (χ0) is 20.7. The minimum absolute atomic E-state index is 0.279. The molecule has 0 aliphatic rings. The van der Waals surface area contributed by atoms with Crippen LogP contribution in [0.3, 0.4) is 0 Å². The minimum atomic E-state index is -0.279. The molecule has 4 N–H and O–H groups in total. The van der Waals surface area contributed by atoms with E-state index >= 15 is 0 Å². The number of nitrogens with two attached hydrogens (primary N) is 1. The van der Waals surface area contributed by atoms with Gasteiger partial charge < -0.3 is 20.4 Å². The first-order valence-electron chi connectivity index (χ1n) is 9.36. The number of aromatic nitrogens is 3. The number of H-pyrrole nitrogens is 2. The molecule has 148 valence electrons. The second-order valence-corrected chi connectivity index (χ2v) is 7.86. The van der Waals surface area contributed by atoms with Gasteiger partial charge in [-0.2, -0.15) is 0 Å². The highest BCUT2D eigenvalue weighted by atomic mass is 32.2. The summed E-state index contributed by atoms with van der Waals surface area (Å²) in [5, 5.41) is 0.781. The zero-order valence-corrected chi connectivity index (χ0v) is 16.9. The largest absolute Gasteiger partial charge is 0.496 e. The van der Waals surface area contributed by atoms with E-state index in [9.17, 15) is 4.79 Å². The van der Waals surface area contributed by atoms with E-state index in [-0.39, 0.29) is 5.56 Å². The predicted octanol–water partition coefficient (Wildman–Crippen LogP) is 4.81. The average Bonchev–Trinajstić information content (AvgIpc) is 3.17. The van der Waals surface area contributed by atoms with Crippen molar-refractivity contribution in [3.8, 4) is 17.1 Å². The fraction of sp³-hybridized carbons (Fsp3) is 0.0435. The molecule has 3 aromatic carbocycles. The Bertz CT molecular complexity index is 1420. The Hall–Kier alpha value is -3.71. The van der Waals surface area contributed by atoms with Crippen LogP contribution in [0.2, 0.25) is 0 Å². The number of imidazole rings is 1. The Morgan fingerprint density at radius 3 is 2.47 bits per heavy atom. The van der Waals surface area contributed by atoms with E-state index in [4.69, 9.17) is 10.5 Å².